The molecule has 1 amide bonds. The van der Waals surface area contributed by atoms with Crippen molar-refractivity contribution in [2.45, 2.75) is 20.3 Å². The number of hydrogen-bond donors (Lipinski definition) is 1. The summed E-state index contributed by atoms with van der Waals surface area (Å²) in [6, 6.07) is 12.3. The van der Waals surface area contributed by atoms with Crippen LogP contribution in [0.2, 0.25) is 5.02 Å². The lowest BCUT2D eigenvalue weighted by atomic mass is 10.1. The summed E-state index contributed by atoms with van der Waals surface area (Å²) in [7, 11) is -3.52. The zero-order valence-electron chi connectivity index (χ0n) is 14.4. The molecule has 1 N–H and O–H groups in total. The molecule has 0 aromatic heterocycles. The number of nitrogens with one attached hydrogen (secondary N) is 1. The van der Waals surface area contributed by atoms with Gasteiger partial charge in [0.15, 0.2) is 0 Å². The van der Waals surface area contributed by atoms with E-state index in [9.17, 15) is 13.2 Å². The molecule has 2 aromatic rings. The Morgan fingerprint density at radius 2 is 1.76 bits per heavy atom. The van der Waals surface area contributed by atoms with Gasteiger partial charge in [-0.05, 0) is 55.3 Å². The second-order valence-corrected chi connectivity index (χ2v) is 8.33. The van der Waals surface area contributed by atoms with Gasteiger partial charge in [0.2, 0.25) is 15.9 Å². The molecule has 0 fully saturated rings. The standard InChI is InChI=1S/C18H21ClN2O3S/c1-13-9-14(2)11-16(10-13)20-18(22)7-8-21(25(3,23)24)17-6-4-5-15(19)12-17/h4-6,9-12H,7-8H2,1-3H3,(H,20,22). The van der Waals surface area contributed by atoms with Gasteiger partial charge in [0, 0.05) is 23.7 Å². The van der Waals surface area contributed by atoms with Crippen LogP contribution in [0.25, 0.3) is 0 Å². The highest BCUT2D eigenvalue weighted by molar-refractivity contribution is 7.92. The van der Waals surface area contributed by atoms with Crippen molar-refractivity contribution in [2.75, 3.05) is 22.4 Å². The Morgan fingerprint density at radius 1 is 1.12 bits per heavy atom. The third-order valence-corrected chi connectivity index (χ3v) is 4.97. The van der Waals surface area contributed by atoms with E-state index in [0.717, 1.165) is 17.4 Å². The monoisotopic (exact) mass is 380 g/mol. The smallest absolute Gasteiger partial charge is 0.232 e. The Morgan fingerprint density at radius 3 is 2.32 bits per heavy atom. The van der Waals surface area contributed by atoms with Gasteiger partial charge in [0.05, 0.1) is 11.9 Å². The third kappa shape index (κ3) is 5.76. The lowest BCUT2D eigenvalue weighted by Crippen LogP contribution is -2.33. The molecule has 7 heteroatoms. The fraction of sp³-hybridized carbons (Fsp3) is 0.278. The molecule has 0 saturated heterocycles. The molecule has 0 unspecified atom stereocenters. The van der Waals surface area contributed by atoms with Crippen molar-refractivity contribution in [1.29, 1.82) is 0 Å². The minimum absolute atomic E-state index is 0.0343. The van der Waals surface area contributed by atoms with E-state index in [1.54, 1.807) is 24.3 Å². The van der Waals surface area contributed by atoms with Gasteiger partial charge < -0.3 is 5.32 Å². The predicted molar refractivity (Wildman–Crippen MR) is 103 cm³/mol. The number of halogens is 1. The number of anilines is 2. The van der Waals surface area contributed by atoms with Crippen LogP contribution >= 0.6 is 11.6 Å². The van der Waals surface area contributed by atoms with Gasteiger partial charge >= 0.3 is 0 Å². The van der Waals surface area contributed by atoms with Gasteiger partial charge in [-0.25, -0.2) is 8.42 Å². The molecule has 134 valence electrons. The number of rotatable bonds is 6. The first-order chi connectivity index (χ1) is 11.6. The number of carbonyl (C=O) groups is 1. The lowest BCUT2D eigenvalue weighted by Gasteiger charge is -2.22. The molecule has 0 radical (unpaired) electrons. The van der Waals surface area contributed by atoms with E-state index in [1.807, 2.05) is 32.0 Å². The van der Waals surface area contributed by atoms with Gasteiger partial charge in [0.25, 0.3) is 0 Å². The number of hydrogen-bond acceptors (Lipinski definition) is 3. The summed E-state index contributed by atoms with van der Waals surface area (Å²) in [5.74, 6) is -0.249. The number of benzene rings is 2. The van der Waals surface area contributed by atoms with Crippen molar-refractivity contribution >= 4 is 38.9 Å². The molecule has 25 heavy (non-hydrogen) atoms. The average molecular weight is 381 g/mol. The zero-order valence-corrected chi connectivity index (χ0v) is 16.0. The first kappa shape index (κ1) is 19.3. The molecule has 0 saturated carbocycles. The minimum Gasteiger partial charge on any atom is -0.326 e. The van der Waals surface area contributed by atoms with Crippen molar-refractivity contribution < 1.29 is 13.2 Å². The van der Waals surface area contributed by atoms with Crippen molar-refractivity contribution in [2.24, 2.45) is 0 Å². The van der Waals surface area contributed by atoms with E-state index in [2.05, 4.69) is 5.32 Å². The zero-order chi connectivity index (χ0) is 18.6. The van der Waals surface area contributed by atoms with E-state index < -0.39 is 10.0 Å². The molecular formula is C18H21ClN2O3S. The van der Waals surface area contributed by atoms with Gasteiger partial charge in [-0.15, -0.1) is 0 Å². The molecule has 0 spiro atoms. The van der Waals surface area contributed by atoms with Crippen LogP contribution in [0.15, 0.2) is 42.5 Å². The second-order valence-electron chi connectivity index (χ2n) is 5.99. The quantitative estimate of drug-likeness (QED) is 0.829. The maximum atomic E-state index is 12.2. The predicted octanol–water partition coefficient (Wildman–Crippen LogP) is 3.75. The summed E-state index contributed by atoms with van der Waals surface area (Å²) in [6.45, 7) is 3.94. The first-order valence-electron chi connectivity index (χ1n) is 7.76. The maximum Gasteiger partial charge on any atom is 0.232 e. The maximum absolute atomic E-state index is 12.2. The number of aryl methyl sites for hydroxylation is 2. The minimum atomic E-state index is -3.52. The lowest BCUT2D eigenvalue weighted by molar-refractivity contribution is -0.116. The fourth-order valence-electron chi connectivity index (χ4n) is 2.59. The fourth-order valence-corrected chi connectivity index (χ4v) is 3.70. The van der Waals surface area contributed by atoms with E-state index in [-0.39, 0.29) is 18.9 Å². The first-order valence-corrected chi connectivity index (χ1v) is 9.99. The Kier molecular flexibility index (Phi) is 6.08. The highest BCUT2D eigenvalue weighted by Gasteiger charge is 2.19. The molecule has 0 atom stereocenters. The van der Waals surface area contributed by atoms with Gasteiger partial charge in [-0.3, -0.25) is 9.10 Å². The van der Waals surface area contributed by atoms with Crippen LogP contribution in [0.5, 0.6) is 0 Å². The largest absolute Gasteiger partial charge is 0.326 e. The third-order valence-electron chi connectivity index (χ3n) is 3.54. The number of carbonyl (C=O) groups excluding carboxylic acids is 1. The topological polar surface area (TPSA) is 66.5 Å². The van der Waals surface area contributed by atoms with Gasteiger partial charge in [0.1, 0.15) is 0 Å². The molecular weight excluding hydrogens is 360 g/mol. The molecule has 2 rings (SSSR count). The van der Waals surface area contributed by atoms with Gasteiger partial charge in [-0.2, -0.15) is 0 Å². The van der Waals surface area contributed by atoms with E-state index >= 15 is 0 Å². The van der Waals surface area contributed by atoms with Gasteiger partial charge in [-0.1, -0.05) is 23.7 Å². The highest BCUT2D eigenvalue weighted by Crippen LogP contribution is 2.22. The van der Waals surface area contributed by atoms with Crippen LogP contribution in [0, 0.1) is 13.8 Å². The second kappa shape index (κ2) is 7.89. The van der Waals surface area contributed by atoms with Crippen molar-refractivity contribution in [3.8, 4) is 0 Å². The average Bonchev–Trinajstić information content (AvgIpc) is 2.44. The van der Waals surface area contributed by atoms with Crippen LogP contribution in [0.3, 0.4) is 0 Å². The molecule has 5 nitrogen and oxygen atoms in total. The van der Waals surface area contributed by atoms with Crippen LogP contribution in [-0.2, 0) is 14.8 Å². The Hall–Kier alpha value is -2.05. The number of nitrogens with zero attached hydrogens (tertiary/aromatic N) is 1. The Balaban J connectivity index is 2.09. The van der Waals surface area contributed by atoms with E-state index in [1.165, 1.54) is 4.31 Å². The van der Waals surface area contributed by atoms with Crippen LogP contribution in [0.4, 0.5) is 11.4 Å². The number of amides is 1. The van der Waals surface area contributed by atoms with Crippen molar-refractivity contribution in [1.82, 2.24) is 0 Å². The molecule has 2 aromatic carbocycles. The molecule has 0 aliphatic heterocycles. The molecule has 0 aliphatic carbocycles. The summed E-state index contributed by atoms with van der Waals surface area (Å²) in [4.78, 5) is 12.2. The molecule has 0 bridgehead atoms. The molecule has 0 aliphatic rings. The van der Waals surface area contributed by atoms with Crippen LogP contribution in [0.1, 0.15) is 17.5 Å². The van der Waals surface area contributed by atoms with E-state index in [0.29, 0.717) is 16.4 Å². The summed E-state index contributed by atoms with van der Waals surface area (Å²) in [5.41, 5.74) is 3.24. The normalized spacial score (nSPS) is 11.2. The Bertz CT molecular complexity index is 861. The van der Waals surface area contributed by atoms with Crippen molar-refractivity contribution in [3.63, 3.8) is 0 Å². The molecule has 0 heterocycles. The highest BCUT2D eigenvalue weighted by atomic mass is 35.5. The SMILES string of the molecule is Cc1cc(C)cc(NC(=O)CCN(c2cccc(Cl)c2)S(C)(=O)=O)c1. The summed E-state index contributed by atoms with van der Waals surface area (Å²) >= 11 is 5.94. The summed E-state index contributed by atoms with van der Waals surface area (Å²) in [5, 5.41) is 3.24. The number of sulfonamides is 1. The van der Waals surface area contributed by atoms with E-state index in [4.69, 9.17) is 11.6 Å². The Labute approximate surface area is 153 Å². The van der Waals surface area contributed by atoms with Crippen LogP contribution in [-0.4, -0.2) is 27.1 Å². The summed E-state index contributed by atoms with van der Waals surface area (Å²) < 4.78 is 25.3. The van der Waals surface area contributed by atoms with Crippen LogP contribution < -0.4 is 9.62 Å². The summed E-state index contributed by atoms with van der Waals surface area (Å²) in [6.07, 6.45) is 1.14. The van der Waals surface area contributed by atoms with Crippen molar-refractivity contribution in [3.05, 3.63) is 58.6 Å².